The van der Waals surface area contributed by atoms with Crippen LogP contribution in [0.5, 0.6) is 0 Å². The highest BCUT2D eigenvalue weighted by molar-refractivity contribution is 6.33. The molecule has 5 nitrogen and oxygen atoms in total. The van der Waals surface area contributed by atoms with Gasteiger partial charge in [0.2, 0.25) is 0 Å². The zero-order valence-electron chi connectivity index (χ0n) is 12.3. The Bertz CT molecular complexity index is 524. The first-order chi connectivity index (χ1) is 9.99. The quantitative estimate of drug-likeness (QED) is 0.460. The maximum Gasteiger partial charge on any atom is 0.325 e. The summed E-state index contributed by atoms with van der Waals surface area (Å²) in [4.78, 5) is 27.7. The number of benzene rings is 1. The van der Waals surface area contributed by atoms with Crippen LogP contribution in [0.3, 0.4) is 0 Å². The summed E-state index contributed by atoms with van der Waals surface area (Å²) in [7, 11) is 0. The number of rotatable bonds is 6. The van der Waals surface area contributed by atoms with Crippen LogP contribution < -0.4 is 0 Å². The fourth-order valence-corrected chi connectivity index (χ4v) is 1.72. The van der Waals surface area contributed by atoms with E-state index in [4.69, 9.17) is 21.1 Å². The number of halogens is 1. The molecule has 0 aliphatic carbocycles. The zero-order valence-corrected chi connectivity index (χ0v) is 13.0. The minimum Gasteiger partial charge on any atom is -0.465 e. The van der Waals surface area contributed by atoms with Crippen LogP contribution in [0.25, 0.3) is 0 Å². The normalized spacial score (nSPS) is 10.9. The molecule has 0 amide bonds. The number of ether oxygens (including phenoxy) is 2. The van der Waals surface area contributed by atoms with Gasteiger partial charge in [0, 0.05) is 6.21 Å². The minimum absolute atomic E-state index is 0.174. The predicted molar refractivity (Wildman–Crippen MR) is 81.1 cm³/mol. The monoisotopic (exact) mass is 311 g/mol. The molecule has 0 radical (unpaired) electrons. The molecule has 1 rings (SSSR count). The van der Waals surface area contributed by atoms with Gasteiger partial charge in [0.15, 0.2) is 5.92 Å². The van der Waals surface area contributed by atoms with Gasteiger partial charge in [-0.3, -0.25) is 14.6 Å². The second-order valence-corrected chi connectivity index (χ2v) is 4.62. The molecule has 1 aromatic carbocycles. The van der Waals surface area contributed by atoms with Gasteiger partial charge in [-0.1, -0.05) is 17.7 Å². The summed E-state index contributed by atoms with van der Waals surface area (Å²) in [6.07, 6.45) is 1.20. The molecule has 0 saturated heterocycles. The molecule has 0 bridgehead atoms. The van der Waals surface area contributed by atoms with E-state index in [1.54, 1.807) is 26.0 Å². The maximum absolute atomic E-state index is 11.8. The zero-order chi connectivity index (χ0) is 15.8. The number of hydrogen-bond donors (Lipinski definition) is 0. The van der Waals surface area contributed by atoms with E-state index < -0.39 is 17.9 Å². The lowest BCUT2D eigenvalue weighted by atomic mass is 10.1. The second kappa shape index (κ2) is 8.42. The Balaban J connectivity index is 2.99. The number of carbonyl (C=O) groups is 2. The van der Waals surface area contributed by atoms with Crippen molar-refractivity contribution in [2.45, 2.75) is 20.8 Å². The fourth-order valence-electron chi connectivity index (χ4n) is 1.56. The molecule has 0 unspecified atom stereocenters. The Labute approximate surface area is 128 Å². The van der Waals surface area contributed by atoms with Crippen molar-refractivity contribution in [3.63, 3.8) is 0 Å². The molecular weight excluding hydrogens is 294 g/mol. The largest absolute Gasteiger partial charge is 0.465 e. The first-order valence-corrected chi connectivity index (χ1v) is 7.01. The van der Waals surface area contributed by atoms with Crippen LogP contribution in [-0.2, 0) is 19.1 Å². The van der Waals surface area contributed by atoms with Crippen molar-refractivity contribution >= 4 is 35.4 Å². The van der Waals surface area contributed by atoms with Crippen LogP contribution in [0.15, 0.2) is 23.2 Å². The average Bonchev–Trinajstić information content (AvgIpc) is 2.43. The van der Waals surface area contributed by atoms with Crippen molar-refractivity contribution in [2.24, 2.45) is 10.9 Å². The Morgan fingerprint density at radius 2 is 1.81 bits per heavy atom. The van der Waals surface area contributed by atoms with Gasteiger partial charge < -0.3 is 9.47 Å². The molecule has 0 aromatic heterocycles. The number of carbonyl (C=O) groups excluding carboxylic acids is 2. The molecule has 114 valence electrons. The van der Waals surface area contributed by atoms with Crippen LogP contribution >= 0.6 is 11.6 Å². The summed E-state index contributed by atoms with van der Waals surface area (Å²) in [6.45, 7) is 5.56. The van der Waals surface area contributed by atoms with E-state index in [-0.39, 0.29) is 13.2 Å². The van der Waals surface area contributed by atoms with Gasteiger partial charge in [0.1, 0.15) is 0 Å². The van der Waals surface area contributed by atoms with Crippen LogP contribution in [-0.4, -0.2) is 31.4 Å². The predicted octanol–water partition coefficient (Wildman–Crippen LogP) is 3.09. The molecule has 6 heteroatoms. The lowest BCUT2D eigenvalue weighted by Crippen LogP contribution is -2.29. The number of nitrogens with zero attached hydrogens (tertiary/aromatic N) is 1. The van der Waals surface area contributed by atoms with Crippen LogP contribution in [0, 0.1) is 12.8 Å². The number of aliphatic imine (C=N–C) groups is 1. The number of aryl methyl sites for hydroxylation is 1. The Morgan fingerprint density at radius 1 is 1.24 bits per heavy atom. The molecule has 0 saturated carbocycles. The van der Waals surface area contributed by atoms with Crippen LogP contribution in [0.1, 0.15) is 19.4 Å². The SMILES string of the molecule is CCOC(=O)C(C=Nc1cc(C)ccc1Cl)C(=O)OCC. The van der Waals surface area contributed by atoms with Crippen molar-refractivity contribution in [1.29, 1.82) is 0 Å². The van der Waals surface area contributed by atoms with Crippen molar-refractivity contribution in [1.82, 2.24) is 0 Å². The Hall–Kier alpha value is -1.88. The minimum atomic E-state index is -1.19. The molecule has 0 atom stereocenters. The third-order valence-electron chi connectivity index (χ3n) is 2.55. The van der Waals surface area contributed by atoms with E-state index in [0.717, 1.165) is 5.56 Å². The lowest BCUT2D eigenvalue weighted by molar-refractivity contribution is -0.157. The smallest absolute Gasteiger partial charge is 0.325 e. The van der Waals surface area contributed by atoms with E-state index in [9.17, 15) is 9.59 Å². The van der Waals surface area contributed by atoms with Crippen molar-refractivity contribution < 1.29 is 19.1 Å². The summed E-state index contributed by atoms with van der Waals surface area (Å²) >= 11 is 6.02. The summed E-state index contributed by atoms with van der Waals surface area (Å²) in [5.74, 6) is -2.58. The number of esters is 2. The first-order valence-electron chi connectivity index (χ1n) is 6.63. The van der Waals surface area contributed by atoms with Crippen LogP contribution in [0.4, 0.5) is 5.69 Å². The third kappa shape index (κ3) is 5.19. The highest BCUT2D eigenvalue weighted by Crippen LogP contribution is 2.25. The van der Waals surface area contributed by atoms with Gasteiger partial charge in [-0.2, -0.15) is 0 Å². The van der Waals surface area contributed by atoms with Gasteiger partial charge >= 0.3 is 11.9 Å². The van der Waals surface area contributed by atoms with Crippen molar-refractivity contribution in [3.8, 4) is 0 Å². The van der Waals surface area contributed by atoms with E-state index in [0.29, 0.717) is 10.7 Å². The van der Waals surface area contributed by atoms with E-state index in [2.05, 4.69) is 4.99 Å². The first kappa shape index (κ1) is 17.2. The maximum atomic E-state index is 11.8. The molecule has 0 heterocycles. The van der Waals surface area contributed by atoms with Gasteiger partial charge in [-0.25, -0.2) is 0 Å². The molecule has 0 aliphatic heterocycles. The molecular formula is C15H18ClNO4. The van der Waals surface area contributed by atoms with Gasteiger partial charge in [-0.15, -0.1) is 0 Å². The standard InChI is InChI=1S/C15H18ClNO4/c1-4-20-14(18)11(15(19)21-5-2)9-17-13-8-10(3)6-7-12(13)16/h6-9,11H,4-5H2,1-3H3. The summed E-state index contributed by atoms with van der Waals surface area (Å²) in [5, 5.41) is 0.434. The molecule has 21 heavy (non-hydrogen) atoms. The molecule has 1 aromatic rings. The Morgan fingerprint density at radius 3 is 2.33 bits per heavy atom. The van der Waals surface area contributed by atoms with Crippen molar-refractivity contribution in [3.05, 3.63) is 28.8 Å². The fraction of sp³-hybridized carbons (Fsp3) is 0.400. The van der Waals surface area contributed by atoms with E-state index in [1.807, 2.05) is 13.0 Å². The average molecular weight is 312 g/mol. The van der Waals surface area contributed by atoms with Gasteiger partial charge in [0.05, 0.1) is 23.9 Å². The molecule has 0 spiro atoms. The molecule has 0 fully saturated rings. The van der Waals surface area contributed by atoms with Gasteiger partial charge in [-0.05, 0) is 38.5 Å². The molecule has 0 N–H and O–H groups in total. The summed E-state index contributed by atoms with van der Waals surface area (Å²) in [6, 6.07) is 5.30. The lowest BCUT2D eigenvalue weighted by Gasteiger charge is -2.10. The van der Waals surface area contributed by atoms with Crippen LogP contribution in [0.2, 0.25) is 5.02 Å². The second-order valence-electron chi connectivity index (χ2n) is 4.21. The summed E-state index contributed by atoms with van der Waals surface area (Å²) < 4.78 is 9.70. The highest BCUT2D eigenvalue weighted by atomic mass is 35.5. The van der Waals surface area contributed by atoms with Gasteiger partial charge in [0.25, 0.3) is 0 Å². The Kier molecular flexibility index (Phi) is 6.88. The molecule has 0 aliphatic rings. The van der Waals surface area contributed by atoms with E-state index >= 15 is 0 Å². The van der Waals surface area contributed by atoms with Crippen molar-refractivity contribution in [2.75, 3.05) is 13.2 Å². The summed E-state index contributed by atoms with van der Waals surface area (Å²) in [5.41, 5.74) is 1.45. The third-order valence-corrected chi connectivity index (χ3v) is 2.87. The number of hydrogen-bond acceptors (Lipinski definition) is 5. The van der Waals surface area contributed by atoms with E-state index in [1.165, 1.54) is 6.21 Å². The highest BCUT2D eigenvalue weighted by Gasteiger charge is 2.27. The topological polar surface area (TPSA) is 65.0 Å².